The number of carboxylic acid groups (broad SMARTS) is 2. The summed E-state index contributed by atoms with van der Waals surface area (Å²) in [4.78, 5) is 24.7. The molecule has 0 amide bonds. The van der Waals surface area contributed by atoms with Crippen molar-refractivity contribution in [3.8, 4) is 11.5 Å². The molecule has 0 saturated carbocycles. The number of carboxylic acids is 2. The molecule has 0 aliphatic rings. The van der Waals surface area contributed by atoms with Crippen LogP contribution in [0.5, 0.6) is 0 Å². The summed E-state index contributed by atoms with van der Waals surface area (Å²) in [5.74, 6) is -1.21. The van der Waals surface area contributed by atoms with Gasteiger partial charge in [0.25, 0.3) is 0 Å². The third kappa shape index (κ3) is 5.06. The Morgan fingerprint density at radius 1 is 1.17 bits per heavy atom. The van der Waals surface area contributed by atoms with Gasteiger partial charge in [0.15, 0.2) is 5.82 Å². The van der Waals surface area contributed by atoms with E-state index in [0.29, 0.717) is 17.3 Å². The molecule has 2 heterocycles. The van der Waals surface area contributed by atoms with Crippen molar-refractivity contribution in [2.75, 3.05) is 5.73 Å². The Balaban J connectivity index is 0.000000379. The van der Waals surface area contributed by atoms with Crippen LogP contribution in [-0.2, 0) is 9.59 Å². The topological polar surface area (TPSA) is 144 Å². The zero-order chi connectivity index (χ0) is 17.6. The molecule has 2 aromatic rings. The molecule has 9 nitrogen and oxygen atoms in total. The van der Waals surface area contributed by atoms with Crippen molar-refractivity contribution in [3.63, 3.8) is 0 Å². The number of aliphatic carboxylic acids is 2. The predicted octanol–water partition coefficient (Wildman–Crippen LogP) is 1.29. The monoisotopic (exact) mass is 321 g/mol. The second kappa shape index (κ2) is 7.87. The Morgan fingerprint density at radius 2 is 1.78 bits per heavy atom. The van der Waals surface area contributed by atoms with E-state index in [9.17, 15) is 9.59 Å². The van der Waals surface area contributed by atoms with Crippen LogP contribution >= 0.6 is 0 Å². The zero-order valence-electron chi connectivity index (χ0n) is 13.0. The maximum atomic E-state index is 10.9. The number of anilines is 1. The lowest BCUT2D eigenvalue weighted by molar-refractivity contribution is -0.141. The number of nitrogens with zero attached hydrogens (tertiary/aromatic N) is 4. The first-order chi connectivity index (χ1) is 10.7. The molecule has 0 bridgehead atoms. The molecule has 2 rings (SSSR count). The second-order valence-electron chi connectivity index (χ2n) is 5.02. The van der Waals surface area contributed by atoms with Crippen LogP contribution in [0, 0.1) is 5.92 Å². The fourth-order valence-corrected chi connectivity index (χ4v) is 1.40. The standard InChI is InChI=1S/C10H11N5O2.C4H8O2/c1-6(10(16)17)15-5-12-14-9(15)7-3-2-4-8(11)13-7;1-3(2)4(5)6/h2-6H,1H3,(H2,11,13)(H,16,17);3H,1-2H3,(H,5,6). The molecule has 0 radical (unpaired) electrons. The van der Waals surface area contributed by atoms with Crippen molar-refractivity contribution in [3.05, 3.63) is 24.5 Å². The largest absolute Gasteiger partial charge is 0.481 e. The van der Waals surface area contributed by atoms with Crippen LogP contribution < -0.4 is 5.73 Å². The molecule has 124 valence electrons. The number of hydrogen-bond donors (Lipinski definition) is 3. The van der Waals surface area contributed by atoms with Gasteiger partial charge < -0.3 is 15.9 Å². The van der Waals surface area contributed by atoms with E-state index in [1.807, 2.05) is 0 Å². The van der Waals surface area contributed by atoms with Crippen LogP contribution in [0.15, 0.2) is 24.5 Å². The van der Waals surface area contributed by atoms with Crippen LogP contribution in [0.1, 0.15) is 26.8 Å². The summed E-state index contributed by atoms with van der Waals surface area (Å²) in [6.07, 6.45) is 1.36. The highest BCUT2D eigenvalue weighted by Gasteiger charge is 2.19. The van der Waals surface area contributed by atoms with Crippen LogP contribution in [0.25, 0.3) is 11.5 Å². The Hall–Kier alpha value is -2.97. The van der Waals surface area contributed by atoms with Gasteiger partial charge in [0.05, 0.1) is 5.92 Å². The molecule has 0 aliphatic heterocycles. The van der Waals surface area contributed by atoms with Gasteiger partial charge in [0, 0.05) is 0 Å². The molecule has 1 atom stereocenters. The quantitative estimate of drug-likeness (QED) is 0.764. The summed E-state index contributed by atoms with van der Waals surface area (Å²) >= 11 is 0. The molecular formula is C14H19N5O4. The smallest absolute Gasteiger partial charge is 0.326 e. The summed E-state index contributed by atoms with van der Waals surface area (Å²) in [5, 5.41) is 24.5. The Kier molecular flexibility index (Phi) is 6.19. The molecule has 1 unspecified atom stereocenters. The average molecular weight is 321 g/mol. The molecule has 0 aliphatic carbocycles. The lowest BCUT2D eigenvalue weighted by atomic mass is 10.2. The van der Waals surface area contributed by atoms with E-state index in [1.54, 1.807) is 39.0 Å². The van der Waals surface area contributed by atoms with Gasteiger partial charge in [-0.05, 0) is 19.1 Å². The van der Waals surface area contributed by atoms with Crippen LogP contribution in [0.3, 0.4) is 0 Å². The van der Waals surface area contributed by atoms with Gasteiger partial charge >= 0.3 is 11.9 Å². The SMILES string of the molecule is CC(C(=O)O)n1cnnc1-c1cccc(N)n1.CC(C)C(=O)O. The first kappa shape index (κ1) is 18.1. The lowest BCUT2D eigenvalue weighted by Crippen LogP contribution is -2.16. The number of hydrogen-bond acceptors (Lipinski definition) is 6. The van der Waals surface area contributed by atoms with Crippen molar-refractivity contribution >= 4 is 17.8 Å². The van der Waals surface area contributed by atoms with Gasteiger partial charge in [-0.2, -0.15) is 0 Å². The Morgan fingerprint density at radius 3 is 2.26 bits per heavy atom. The maximum Gasteiger partial charge on any atom is 0.326 e. The van der Waals surface area contributed by atoms with E-state index < -0.39 is 18.0 Å². The zero-order valence-corrected chi connectivity index (χ0v) is 13.0. The number of rotatable bonds is 4. The average Bonchev–Trinajstić information content (AvgIpc) is 2.96. The minimum absolute atomic E-state index is 0.231. The second-order valence-corrected chi connectivity index (χ2v) is 5.02. The van der Waals surface area contributed by atoms with Crippen molar-refractivity contribution in [1.82, 2.24) is 19.7 Å². The molecule has 23 heavy (non-hydrogen) atoms. The number of pyridine rings is 1. The van der Waals surface area contributed by atoms with Crippen molar-refractivity contribution in [1.29, 1.82) is 0 Å². The minimum atomic E-state index is -0.963. The number of carbonyl (C=O) groups is 2. The van der Waals surface area contributed by atoms with E-state index >= 15 is 0 Å². The third-order valence-corrected chi connectivity index (χ3v) is 2.84. The molecule has 0 fully saturated rings. The summed E-state index contributed by atoms with van der Waals surface area (Å²) < 4.78 is 1.43. The fraction of sp³-hybridized carbons (Fsp3) is 0.357. The van der Waals surface area contributed by atoms with E-state index in [-0.39, 0.29) is 5.92 Å². The summed E-state index contributed by atoms with van der Waals surface area (Å²) in [7, 11) is 0. The maximum absolute atomic E-state index is 10.9. The van der Waals surface area contributed by atoms with Gasteiger partial charge in [0.1, 0.15) is 23.9 Å². The van der Waals surface area contributed by atoms with Crippen molar-refractivity contribution < 1.29 is 19.8 Å². The number of nitrogens with two attached hydrogens (primary N) is 1. The summed E-state index contributed by atoms with van der Waals surface area (Å²) in [6.45, 7) is 4.83. The molecule has 4 N–H and O–H groups in total. The van der Waals surface area contributed by atoms with E-state index in [1.165, 1.54) is 10.9 Å². The molecule has 0 spiro atoms. The van der Waals surface area contributed by atoms with Crippen LogP contribution in [0.2, 0.25) is 0 Å². The summed E-state index contributed by atoms with van der Waals surface area (Å²) in [5.41, 5.74) is 6.06. The lowest BCUT2D eigenvalue weighted by Gasteiger charge is -2.10. The molecule has 0 aromatic carbocycles. The Labute approximate surface area is 132 Å². The van der Waals surface area contributed by atoms with E-state index in [0.717, 1.165) is 0 Å². The first-order valence-corrected chi connectivity index (χ1v) is 6.82. The van der Waals surface area contributed by atoms with Gasteiger partial charge in [-0.1, -0.05) is 19.9 Å². The van der Waals surface area contributed by atoms with Crippen LogP contribution in [0.4, 0.5) is 5.82 Å². The van der Waals surface area contributed by atoms with Gasteiger partial charge in [0.2, 0.25) is 0 Å². The summed E-state index contributed by atoms with van der Waals surface area (Å²) in [6, 6.07) is 4.31. The van der Waals surface area contributed by atoms with E-state index in [2.05, 4.69) is 15.2 Å². The third-order valence-electron chi connectivity index (χ3n) is 2.84. The fourth-order valence-electron chi connectivity index (χ4n) is 1.40. The molecular weight excluding hydrogens is 302 g/mol. The molecule has 9 heteroatoms. The minimum Gasteiger partial charge on any atom is -0.481 e. The van der Waals surface area contributed by atoms with Crippen molar-refractivity contribution in [2.45, 2.75) is 26.8 Å². The highest BCUT2D eigenvalue weighted by Crippen LogP contribution is 2.19. The van der Waals surface area contributed by atoms with Crippen molar-refractivity contribution in [2.24, 2.45) is 5.92 Å². The first-order valence-electron chi connectivity index (χ1n) is 6.82. The number of nitrogen functional groups attached to an aromatic ring is 1. The Bertz CT molecular complexity index is 683. The van der Waals surface area contributed by atoms with E-state index in [4.69, 9.17) is 15.9 Å². The van der Waals surface area contributed by atoms with Crippen LogP contribution in [-0.4, -0.2) is 41.9 Å². The van der Waals surface area contributed by atoms with Gasteiger partial charge in [-0.15, -0.1) is 10.2 Å². The predicted molar refractivity (Wildman–Crippen MR) is 82.5 cm³/mol. The molecule has 2 aromatic heterocycles. The highest BCUT2D eigenvalue weighted by atomic mass is 16.4. The molecule has 0 saturated heterocycles. The highest BCUT2D eigenvalue weighted by molar-refractivity contribution is 5.72. The van der Waals surface area contributed by atoms with Gasteiger partial charge in [-0.3, -0.25) is 9.36 Å². The normalized spacial score (nSPS) is 11.5. The van der Waals surface area contributed by atoms with Gasteiger partial charge in [-0.25, -0.2) is 9.78 Å². The number of aromatic nitrogens is 4.